The molecule has 3 heterocycles. The van der Waals surface area contributed by atoms with Gasteiger partial charge in [0.1, 0.15) is 4.90 Å². The van der Waals surface area contributed by atoms with E-state index in [2.05, 4.69) is 4.90 Å². The molecule has 1 aromatic rings. The molecule has 8 heteroatoms. The first-order valence-corrected chi connectivity index (χ1v) is 13.0. The van der Waals surface area contributed by atoms with Crippen LogP contribution in [0.15, 0.2) is 23.1 Å². The molecule has 0 aromatic heterocycles. The standard InChI is InChI=1S/C23H35N3O4S/c1-23(2)18-30-16-15-26(23)22(27)19-9-10-20(24-11-5-3-6-12-24)21(17-19)31(28,29)25-13-7-4-8-14-25/h9-10,17H,3-8,11-16,18H2,1-2H3. The zero-order chi connectivity index (χ0) is 22.1. The zero-order valence-corrected chi connectivity index (χ0v) is 19.6. The number of benzene rings is 1. The number of hydrogen-bond acceptors (Lipinski definition) is 5. The number of carbonyl (C=O) groups is 1. The molecule has 3 aliphatic rings. The number of amides is 1. The van der Waals surface area contributed by atoms with Crippen molar-refractivity contribution in [2.24, 2.45) is 0 Å². The van der Waals surface area contributed by atoms with Crippen molar-refractivity contribution < 1.29 is 17.9 Å². The molecule has 3 aliphatic heterocycles. The Morgan fingerprint density at radius 1 is 0.935 bits per heavy atom. The van der Waals surface area contributed by atoms with Gasteiger partial charge in [-0.1, -0.05) is 6.42 Å². The zero-order valence-electron chi connectivity index (χ0n) is 18.8. The van der Waals surface area contributed by atoms with Crippen LogP contribution < -0.4 is 4.90 Å². The number of carbonyl (C=O) groups excluding carboxylic acids is 1. The molecule has 4 rings (SSSR count). The Morgan fingerprint density at radius 3 is 2.23 bits per heavy atom. The summed E-state index contributed by atoms with van der Waals surface area (Å²) in [5.74, 6) is -0.131. The predicted molar refractivity (Wildman–Crippen MR) is 121 cm³/mol. The fraction of sp³-hybridized carbons (Fsp3) is 0.696. The minimum Gasteiger partial charge on any atom is -0.377 e. The summed E-state index contributed by atoms with van der Waals surface area (Å²) in [6.07, 6.45) is 6.14. The summed E-state index contributed by atoms with van der Waals surface area (Å²) in [5, 5.41) is 0. The minimum absolute atomic E-state index is 0.131. The smallest absolute Gasteiger partial charge is 0.254 e. The van der Waals surface area contributed by atoms with Gasteiger partial charge >= 0.3 is 0 Å². The van der Waals surface area contributed by atoms with Crippen molar-refractivity contribution in [3.05, 3.63) is 23.8 Å². The van der Waals surface area contributed by atoms with Crippen molar-refractivity contribution in [3.63, 3.8) is 0 Å². The topological polar surface area (TPSA) is 70.2 Å². The first kappa shape index (κ1) is 22.6. The Hall–Kier alpha value is -1.64. The van der Waals surface area contributed by atoms with Crippen LogP contribution in [-0.2, 0) is 14.8 Å². The summed E-state index contributed by atoms with van der Waals surface area (Å²) < 4.78 is 34.5. The maximum absolute atomic E-state index is 13.7. The molecule has 0 radical (unpaired) electrons. The van der Waals surface area contributed by atoms with Crippen LogP contribution in [0.2, 0.25) is 0 Å². The van der Waals surface area contributed by atoms with E-state index in [-0.39, 0.29) is 10.8 Å². The summed E-state index contributed by atoms with van der Waals surface area (Å²) in [7, 11) is -3.66. The fourth-order valence-corrected chi connectivity index (χ4v) is 6.64. The van der Waals surface area contributed by atoms with Gasteiger partial charge < -0.3 is 14.5 Å². The molecule has 0 spiro atoms. The van der Waals surface area contributed by atoms with Gasteiger partial charge in [-0.3, -0.25) is 4.79 Å². The summed E-state index contributed by atoms with van der Waals surface area (Å²) in [5.41, 5.74) is 0.752. The number of rotatable bonds is 4. The summed E-state index contributed by atoms with van der Waals surface area (Å²) >= 11 is 0. The van der Waals surface area contributed by atoms with Gasteiger partial charge in [-0.25, -0.2) is 8.42 Å². The van der Waals surface area contributed by atoms with E-state index in [4.69, 9.17) is 4.74 Å². The SMILES string of the molecule is CC1(C)COCCN1C(=O)c1ccc(N2CCCCC2)c(S(=O)(=O)N2CCCCC2)c1. The molecular weight excluding hydrogens is 414 g/mol. The van der Waals surface area contributed by atoms with Crippen LogP contribution >= 0.6 is 0 Å². The molecule has 1 amide bonds. The molecule has 31 heavy (non-hydrogen) atoms. The van der Waals surface area contributed by atoms with Gasteiger partial charge in [0.15, 0.2) is 0 Å². The molecule has 0 saturated carbocycles. The highest BCUT2D eigenvalue weighted by molar-refractivity contribution is 7.89. The molecule has 0 bridgehead atoms. The molecule has 7 nitrogen and oxygen atoms in total. The van der Waals surface area contributed by atoms with Crippen molar-refractivity contribution in [1.82, 2.24) is 9.21 Å². The largest absolute Gasteiger partial charge is 0.377 e. The number of hydrogen-bond donors (Lipinski definition) is 0. The van der Waals surface area contributed by atoms with Crippen LogP contribution in [0.3, 0.4) is 0 Å². The van der Waals surface area contributed by atoms with E-state index >= 15 is 0 Å². The number of anilines is 1. The van der Waals surface area contributed by atoms with Crippen LogP contribution in [0.1, 0.15) is 62.7 Å². The highest BCUT2D eigenvalue weighted by Crippen LogP contribution is 2.33. The number of sulfonamides is 1. The van der Waals surface area contributed by atoms with E-state index < -0.39 is 15.6 Å². The van der Waals surface area contributed by atoms with Crippen molar-refractivity contribution >= 4 is 21.6 Å². The first-order chi connectivity index (χ1) is 14.8. The van der Waals surface area contributed by atoms with E-state index in [0.717, 1.165) is 50.9 Å². The first-order valence-electron chi connectivity index (χ1n) is 11.6. The third-order valence-electron chi connectivity index (χ3n) is 6.73. The molecule has 0 N–H and O–H groups in total. The summed E-state index contributed by atoms with van der Waals surface area (Å²) in [6.45, 7) is 8.26. The van der Waals surface area contributed by atoms with Crippen LogP contribution in [-0.4, -0.2) is 75.0 Å². The maximum atomic E-state index is 13.7. The molecule has 172 valence electrons. The highest BCUT2D eigenvalue weighted by atomic mass is 32.2. The van der Waals surface area contributed by atoms with E-state index in [1.165, 1.54) is 6.42 Å². The van der Waals surface area contributed by atoms with Crippen LogP contribution in [0.4, 0.5) is 5.69 Å². The average Bonchev–Trinajstić information content (AvgIpc) is 2.79. The Bertz CT molecular complexity index is 903. The van der Waals surface area contributed by atoms with Crippen molar-refractivity contribution in [2.75, 3.05) is 50.8 Å². The van der Waals surface area contributed by atoms with Gasteiger partial charge in [0.25, 0.3) is 5.91 Å². The fourth-order valence-electron chi connectivity index (χ4n) is 4.88. The van der Waals surface area contributed by atoms with Crippen molar-refractivity contribution in [2.45, 2.75) is 62.8 Å². The van der Waals surface area contributed by atoms with Crippen molar-refractivity contribution in [3.8, 4) is 0 Å². The molecule has 3 fully saturated rings. The molecular formula is C23H35N3O4S. The molecule has 0 atom stereocenters. The second-order valence-electron chi connectivity index (χ2n) is 9.52. The van der Waals surface area contributed by atoms with Gasteiger partial charge in [-0.2, -0.15) is 4.31 Å². The van der Waals surface area contributed by atoms with Gasteiger partial charge in [0.2, 0.25) is 10.0 Å². The monoisotopic (exact) mass is 449 g/mol. The molecule has 0 aliphatic carbocycles. The normalized spacial score (nSPS) is 23.0. The average molecular weight is 450 g/mol. The lowest BCUT2D eigenvalue weighted by molar-refractivity contribution is -0.0370. The lowest BCUT2D eigenvalue weighted by Crippen LogP contribution is -2.55. The third-order valence-corrected chi connectivity index (χ3v) is 8.65. The molecule has 3 saturated heterocycles. The highest BCUT2D eigenvalue weighted by Gasteiger charge is 2.36. The van der Waals surface area contributed by atoms with Gasteiger partial charge in [0, 0.05) is 38.3 Å². The predicted octanol–water partition coefficient (Wildman–Crippen LogP) is 3.10. The lowest BCUT2D eigenvalue weighted by atomic mass is 10.0. The van der Waals surface area contributed by atoms with E-state index in [1.54, 1.807) is 16.4 Å². The quantitative estimate of drug-likeness (QED) is 0.706. The molecule has 0 unspecified atom stereocenters. The lowest BCUT2D eigenvalue weighted by Gasteiger charge is -2.42. The van der Waals surface area contributed by atoms with Gasteiger partial charge in [-0.15, -0.1) is 0 Å². The minimum atomic E-state index is -3.66. The van der Waals surface area contributed by atoms with Crippen molar-refractivity contribution in [1.29, 1.82) is 0 Å². The molecule has 1 aromatic carbocycles. The summed E-state index contributed by atoms with van der Waals surface area (Å²) in [4.78, 5) is 17.7. The van der Waals surface area contributed by atoms with Gasteiger partial charge in [0.05, 0.1) is 24.4 Å². The number of morpholine rings is 1. The third kappa shape index (κ3) is 4.61. The Morgan fingerprint density at radius 2 is 1.58 bits per heavy atom. The second-order valence-corrected chi connectivity index (χ2v) is 11.4. The Balaban J connectivity index is 1.73. The van der Waals surface area contributed by atoms with Gasteiger partial charge in [-0.05, 0) is 64.2 Å². The van der Waals surface area contributed by atoms with Crippen LogP contribution in [0.25, 0.3) is 0 Å². The van der Waals surface area contributed by atoms with Crippen LogP contribution in [0, 0.1) is 0 Å². The second kappa shape index (κ2) is 9.08. The summed E-state index contributed by atoms with van der Waals surface area (Å²) in [6, 6.07) is 5.28. The number of nitrogens with zero attached hydrogens (tertiary/aromatic N) is 3. The van der Waals surface area contributed by atoms with E-state index in [9.17, 15) is 13.2 Å². The Labute approximate surface area is 186 Å². The van der Waals surface area contributed by atoms with E-state index in [1.807, 2.05) is 24.8 Å². The number of ether oxygens (including phenoxy) is 1. The number of piperidine rings is 2. The van der Waals surface area contributed by atoms with Crippen LogP contribution in [0.5, 0.6) is 0 Å². The Kier molecular flexibility index (Phi) is 6.60. The maximum Gasteiger partial charge on any atom is 0.254 e. The van der Waals surface area contributed by atoms with E-state index in [0.29, 0.717) is 38.4 Å².